The molecule has 0 spiro atoms. The van der Waals surface area contributed by atoms with E-state index in [0.717, 1.165) is 53.8 Å². The molecule has 1 aliphatic rings. The van der Waals surface area contributed by atoms with Gasteiger partial charge in [0.1, 0.15) is 0 Å². The molecule has 106 valence electrons. The van der Waals surface area contributed by atoms with Crippen LogP contribution in [0.5, 0.6) is 0 Å². The third-order valence-electron chi connectivity index (χ3n) is 4.03. The highest BCUT2D eigenvalue weighted by atomic mass is 15.1. The van der Waals surface area contributed by atoms with Crippen molar-refractivity contribution in [1.29, 1.82) is 0 Å². The average molecular weight is 271 g/mol. The number of hydrogen-bond donors (Lipinski definition) is 2. The first-order valence-corrected chi connectivity index (χ1v) is 7.27. The van der Waals surface area contributed by atoms with Crippen LogP contribution in [0.4, 0.5) is 0 Å². The van der Waals surface area contributed by atoms with E-state index in [1.54, 1.807) is 0 Å². The molecule has 0 aromatic carbocycles. The van der Waals surface area contributed by atoms with Crippen molar-refractivity contribution in [1.82, 2.24) is 25.5 Å². The number of aromatic amines is 1. The SMILES string of the molecule is Cc1n[nH]c(C)c1-c1cncc(CC2CCNCC2)n1. The van der Waals surface area contributed by atoms with Gasteiger partial charge in [-0.2, -0.15) is 5.10 Å². The van der Waals surface area contributed by atoms with E-state index in [2.05, 4.69) is 20.5 Å². The molecule has 20 heavy (non-hydrogen) atoms. The molecule has 1 aliphatic heterocycles. The van der Waals surface area contributed by atoms with Gasteiger partial charge in [0.15, 0.2) is 0 Å². The van der Waals surface area contributed by atoms with Crippen LogP contribution >= 0.6 is 0 Å². The van der Waals surface area contributed by atoms with Crippen molar-refractivity contribution in [3.05, 3.63) is 29.5 Å². The third-order valence-corrected chi connectivity index (χ3v) is 4.03. The largest absolute Gasteiger partial charge is 0.317 e. The molecule has 0 amide bonds. The summed E-state index contributed by atoms with van der Waals surface area (Å²) < 4.78 is 0. The summed E-state index contributed by atoms with van der Waals surface area (Å²) in [6.07, 6.45) is 7.22. The van der Waals surface area contributed by atoms with Crippen LogP contribution in [-0.2, 0) is 6.42 Å². The van der Waals surface area contributed by atoms with Crippen molar-refractivity contribution >= 4 is 0 Å². The van der Waals surface area contributed by atoms with Crippen molar-refractivity contribution in [2.24, 2.45) is 5.92 Å². The Kier molecular flexibility index (Phi) is 3.78. The molecule has 3 heterocycles. The molecule has 5 heteroatoms. The Morgan fingerprint density at radius 1 is 1.20 bits per heavy atom. The number of hydrogen-bond acceptors (Lipinski definition) is 4. The Bertz CT molecular complexity index is 564. The summed E-state index contributed by atoms with van der Waals surface area (Å²) in [4.78, 5) is 9.16. The molecule has 3 rings (SSSR count). The van der Waals surface area contributed by atoms with Crippen molar-refractivity contribution in [3.63, 3.8) is 0 Å². The normalized spacial score (nSPS) is 16.5. The summed E-state index contributed by atoms with van der Waals surface area (Å²) >= 11 is 0. The topological polar surface area (TPSA) is 66.5 Å². The van der Waals surface area contributed by atoms with Crippen LogP contribution in [0, 0.1) is 19.8 Å². The van der Waals surface area contributed by atoms with Crippen molar-refractivity contribution in [2.75, 3.05) is 13.1 Å². The smallest absolute Gasteiger partial charge is 0.0925 e. The molecular weight excluding hydrogens is 250 g/mol. The Morgan fingerprint density at radius 3 is 2.70 bits per heavy atom. The van der Waals surface area contributed by atoms with Gasteiger partial charge in [-0.15, -0.1) is 0 Å². The summed E-state index contributed by atoms with van der Waals surface area (Å²) in [5.41, 5.74) is 5.14. The van der Waals surface area contributed by atoms with Gasteiger partial charge in [0, 0.05) is 17.5 Å². The van der Waals surface area contributed by atoms with Crippen LogP contribution in [0.15, 0.2) is 12.4 Å². The first-order chi connectivity index (χ1) is 9.74. The van der Waals surface area contributed by atoms with Gasteiger partial charge in [0.2, 0.25) is 0 Å². The number of H-pyrrole nitrogens is 1. The third kappa shape index (κ3) is 2.72. The van der Waals surface area contributed by atoms with Crippen LogP contribution < -0.4 is 5.32 Å². The number of nitrogens with zero attached hydrogens (tertiary/aromatic N) is 3. The van der Waals surface area contributed by atoms with Crippen LogP contribution in [-0.4, -0.2) is 33.3 Å². The molecule has 0 bridgehead atoms. The molecular formula is C15H21N5. The highest BCUT2D eigenvalue weighted by Gasteiger charge is 2.16. The Morgan fingerprint density at radius 2 is 2.00 bits per heavy atom. The summed E-state index contributed by atoms with van der Waals surface area (Å²) in [5.74, 6) is 0.729. The molecule has 5 nitrogen and oxygen atoms in total. The monoisotopic (exact) mass is 271 g/mol. The second kappa shape index (κ2) is 5.71. The molecule has 0 saturated carbocycles. The van der Waals surface area contributed by atoms with Gasteiger partial charge < -0.3 is 5.32 Å². The van der Waals surface area contributed by atoms with E-state index in [-0.39, 0.29) is 0 Å². The molecule has 0 aliphatic carbocycles. The van der Waals surface area contributed by atoms with Gasteiger partial charge in [0.25, 0.3) is 0 Å². The zero-order valence-electron chi connectivity index (χ0n) is 12.1. The maximum absolute atomic E-state index is 4.79. The van der Waals surface area contributed by atoms with E-state index >= 15 is 0 Å². The molecule has 0 unspecified atom stereocenters. The van der Waals surface area contributed by atoms with Gasteiger partial charge >= 0.3 is 0 Å². The van der Waals surface area contributed by atoms with Gasteiger partial charge in [-0.3, -0.25) is 10.1 Å². The fourth-order valence-electron chi connectivity index (χ4n) is 2.94. The predicted molar refractivity (Wildman–Crippen MR) is 78.4 cm³/mol. The van der Waals surface area contributed by atoms with E-state index in [1.165, 1.54) is 12.8 Å². The number of aromatic nitrogens is 4. The number of aryl methyl sites for hydroxylation is 2. The fraction of sp³-hybridized carbons (Fsp3) is 0.533. The summed E-state index contributed by atoms with van der Waals surface area (Å²) in [7, 11) is 0. The van der Waals surface area contributed by atoms with Crippen molar-refractivity contribution in [3.8, 4) is 11.3 Å². The van der Waals surface area contributed by atoms with Gasteiger partial charge in [-0.05, 0) is 52.1 Å². The molecule has 0 radical (unpaired) electrons. The fourth-order valence-corrected chi connectivity index (χ4v) is 2.94. The lowest BCUT2D eigenvalue weighted by Gasteiger charge is -2.22. The highest BCUT2D eigenvalue weighted by molar-refractivity contribution is 5.63. The van der Waals surface area contributed by atoms with Crippen molar-refractivity contribution in [2.45, 2.75) is 33.1 Å². The summed E-state index contributed by atoms with van der Waals surface area (Å²) in [6.45, 7) is 6.27. The van der Waals surface area contributed by atoms with Crippen molar-refractivity contribution < 1.29 is 0 Å². The Labute approximate surface area is 119 Å². The van der Waals surface area contributed by atoms with Crippen LogP contribution in [0.3, 0.4) is 0 Å². The van der Waals surface area contributed by atoms with Crippen LogP contribution in [0.1, 0.15) is 29.9 Å². The lowest BCUT2D eigenvalue weighted by molar-refractivity contribution is 0.370. The van der Waals surface area contributed by atoms with Gasteiger partial charge in [-0.1, -0.05) is 0 Å². The summed E-state index contributed by atoms with van der Waals surface area (Å²) in [5, 5.41) is 10.6. The molecule has 1 fully saturated rings. The second-order valence-electron chi connectivity index (χ2n) is 5.60. The maximum atomic E-state index is 4.79. The molecule has 2 aromatic rings. The number of nitrogens with one attached hydrogen (secondary N) is 2. The van der Waals surface area contributed by atoms with E-state index in [1.807, 2.05) is 26.2 Å². The van der Waals surface area contributed by atoms with E-state index in [9.17, 15) is 0 Å². The van der Waals surface area contributed by atoms with Gasteiger partial charge in [0.05, 0.1) is 23.3 Å². The minimum absolute atomic E-state index is 0.729. The zero-order valence-corrected chi connectivity index (χ0v) is 12.1. The molecule has 1 saturated heterocycles. The van der Waals surface area contributed by atoms with E-state index in [0.29, 0.717) is 0 Å². The van der Waals surface area contributed by atoms with Gasteiger partial charge in [-0.25, -0.2) is 4.98 Å². The molecule has 0 atom stereocenters. The lowest BCUT2D eigenvalue weighted by Crippen LogP contribution is -2.28. The van der Waals surface area contributed by atoms with E-state index in [4.69, 9.17) is 4.98 Å². The highest BCUT2D eigenvalue weighted by Crippen LogP contribution is 2.24. The minimum atomic E-state index is 0.729. The van der Waals surface area contributed by atoms with Crippen LogP contribution in [0.25, 0.3) is 11.3 Å². The van der Waals surface area contributed by atoms with Crippen LogP contribution in [0.2, 0.25) is 0 Å². The molecule has 2 aromatic heterocycles. The quantitative estimate of drug-likeness (QED) is 0.896. The number of piperidine rings is 1. The second-order valence-corrected chi connectivity index (χ2v) is 5.60. The zero-order chi connectivity index (χ0) is 13.9. The Balaban J connectivity index is 1.82. The first-order valence-electron chi connectivity index (χ1n) is 7.27. The van der Waals surface area contributed by atoms with E-state index < -0.39 is 0 Å². The minimum Gasteiger partial charge on any atom is -0.317 e. The maximum Gasteiger partial charge on any atom is 0.0925 e. The number of rotatable bonds is 3. The molecule has 2 N–H and O–H groups in total. The first kappa shape index (κ1) is 13.2. The average Bonchev–Trinajstić information content (AvgIpc) is 2.80. The predicted octanol–water partition coefficient (Wildman–Crippen LogP) is 2.03. The standard InChI is InChI=1S/C15H21N5/c1-10-15(11(2)20-19-10)14-9-17-8-13(18-14)7-12-3-5-16-6-4-12/h8-9,12,16H,3-7H2,1-2H3,(H,19,20). The Hall–Kier alpha value is -1.75. The lowest BCUT2D eigenvalue weighted by atomic mass is 9.93. The summed E-state index contributed by atoms with van der Waals surface area (Å²) in [6, 6.07) is 0.